The predicted octanol–water partition coefficient (Wildman–Crippen LogP) is 1.97. The van der Waals surface area contributed by atoms with Gasteiger partial charge in [-0.15, -0.1) is 11.3 Å². The monoisotopic (exact) mass is 645 g/mol. The van der Waals surface area contributed by atoms with Crippen molar-refractivity contribution in [2.45, 2.75) is 74.0 Å². The van der Waals surface area contributed by atoms with Gasteiger partial charge in [0.05, 0.1) is 23.4 Å². The number of hydrogen-bond donors (Lipinski definition) is 1. The molecule has 0 unspecified atom stereocenters. The van der Waals surface area contributed by atoms with E-state index in [9.17, 15) is 22.8 Å². The van der Waals surface area contributed by atoms with Crippen molar-refractivity contribution >= 4 is 49.8 Å². The first-order valence-electron chi connectivity index (χ1n) is 14.8. The normalized spacial score (nSPS) is 24.8. The van der Waals surface area contributed by atoms with Gasteiger partial charge in [0.15, 0.2) is 32.9 Å². The van der Waals surface area contributed by atoms with Gasteiger partial charge in [-0.3, -0.25) is 24.6 Å². The fraction of sp³-hybridized carbons (Fsp3) is 0.552. The molecule has 4 fully saturated rings. The molecule has 0 spiro atoms. The Morgan fingerprint density at radius 3 is 2.61 bits per heavy atom. The van der Waals surface area contributed by atoms with E-state index in [0.29, 0.717) is 75.8 Å². The molecule has 4 aliphatic rings. The fourth-order valence-electron chi connectivity index (χ4n) is 5.53. The molecular formula is C29H35N5O8S2. The Labute approximate surface area is 259 Å². The van der Waals surface area contributed by atoms with E-state index in [-0.39, 0.29) is 46.3 Å². The van der Waals surface area contributed by atoms with Crippen molar-refractivity contribution in [1.82, 2.24) is 14.8 Å². The lowest BCUT2D eigenvalue weighted by Gasteiger charge is -2.40. The van der Waals surface area contributed by atoms with E-state index in [0.717, 1.165) is 4.88 Å². The van der Waals surface area contributed by atoms with Crippen LogP contribution in [0.5, 0.6) is 0 Å². The van der Waals surface area contributed by atoms with Crippen LogP contribution < -0.4 is 5.32 Å². The van der Waals surface area contributed by atoms with Crippen LogP contribution in [0.3, 0.4) is 0 Å². The summed E-state index contributed by atoms with van der Waals surface area (Å²) < 4.78 is 35.8. The standard InChI is InChI=1S/C29H35N5O8S2/c1-18-15-33(11-12-34(18)28(37)24-8-9-25(35)41-24)16-21-14-30-29(43-21)31-27(36)26(32-42-20-10-13-40-17-20)19-2-4-22(5-3-19)44(38,39)23-6-7-23/h2-5,14,18,20,23-24H,6-13,15-17H2,1H3,(H,30,31,36)/b32-26+/t18-,20+,24-/m0/s1. The molecule has 1 aromatic heterocycles. The van der Waals surface area contributed by atoms with Crippen LogP contribution >= 0.6 is 11.3 Å². The third-order valence-electron chi connectivity index (χ3n) is 8.12. The maximum atomic E-state index is 13.4. The average Bonchev–Trinajstić information content (AvgIpc) is 3.33. The first-order chi connectivity index (χ1) is 21.2. The van der Waals surface area contributed by atoms with Crippen molar-refractivity contribution in [3.8, 4) is 0 Å². The molecule has 3 aliphatic heterocycles. The zero-order valence-electron chi connectivity index (χ0n) is 24.3. The highest BCUT2D eigenvalue weighted by Gasteiger charge is 2.38. The van der Waals surface area contributed by atoms with E-state index >= 15 is 0 Å². The van der Waals surface area contributed by atoms with Crippen LogP contribution in [0.1, 0.15) is 49.5 Å². The summed E-state index contributed by atoms with van der Waals surface area (Å²) in [7, 11) is -3.37. The third-order valence-corrected chi connectivity index (χ3v) is 11.3. The molecule has 0 bridgehead atoms. The number of thiazole rings is 1. The molecule has 6 rings (SSSR count). The zero-order chi connectivity index (χ0) is 30.8. The van der Waals surface area contributed by atoms with Gasteiger partial charge in [0.25, 0.3) is 11.8 Å². The minimum absolute atomic E-state index is 0.00609. The minimum Gasteiger partial charge on any atom is -0.452 e. The minimum atomic E-state index is -3.37. The van der Waals surface area contributed by atoms with Crippen LogP contribution in [0, 0.1) is 0 Å². The van der Waals surface area contributed by atoms with Crippen molar-refractivity contribution in [3.05, 3.63) is 40.9 Å². The number of hydrogen-bond acceptors (Lipinski definition) is 12. The molecule has 44 heavy (non-hydrogen) atoms. The highest BCUT2D eigenvalue weighted by atomic mass is 32.2. The zero-order valence-corrected chi connectivity index (χ0v) is 26.0. The lowest BCUT2D eigenvalue weighted by Crippen LogP contribution is -2.55. The molecule has 0 radical (unpaired) electrons. The lowest BCUT2D eigenvalue weighted by atomic mass is 10.1. The largest absolute Gasteiger partial charge is 0.452 e. The van der Waals surface area contributed by atoms with Crippen LogP contribution in [-0.2, 0) is 45.1 Å². The van der Waals surface area contributed by atoms with Gasteiger partial charge >= 0.3 is 5.97 Å². The van der Waals surface area contributed by atoms with Gasteiger partial charge in [0.1, 0.15) is 0 Å². The molecule has 3 saturated heterocycles. The van der Waals surface area contributed by atoms with Gasteiger partial charge in [-0.05, 0) is 31.9 Å². The number of aromatic nitrogens is 1. The summed E-state index contributed by atoms with van der Waals surface area (Å²) in [6, 6.07) is 6.09. The number of oxime groups is 1. The maximum Gasteiger partial charge on any atom is 0.306 e. The van der Waals surface area contributed by atoms with Crippen molar-refractivity contribution in [2.75, 3.05) is 38.2 Å². The molecule has 1 aliphatic carbocycles. The molecule has 236 valence electrons. The fourth-order valence-corrected chi connectivity index (χ4v) is 8.03. The summed E-state index contributed by atoms with van der Waals surface area (Å²) in [5.74, 6) is -0.989. The number of benzene rings is 1. The quantitative estimate of drug-likeness (QED) is 0.230. The van der Waals surface area contributed by atoms with Crippen LogP contribution in [0.25, 0.3) is 0 Å². The number of ether oxygens (including phenoxy) is 2. The Bertz CT molecular complexity index is 1530. The molecule has 3 atom stereocenters. The summed E-state index contributed by atoms with van der Waals surface area (Å²) in [5.41, 5.74) is 0.424. The van der Waals surface area contributed by atoms with Gasteiger partial charge < -0.3 is 19.2 Å². The average molecular weight is 646 g/mol. The van der Waals surface area contributed by atoms with E-state index in [1.54, 1.807) is 23.2 Å². The number of esters is 1. The number of cyclic esters (lactones) is 1. The van der Waals surface area contributed by atoms with Crippen LogP contribution in [-0.4, -0.2) is 103 Å². The molecule has 15 heteroatoms. The van der Waals surface area contributed by atoms with Gasteiger partial charge in [-0.25, -0.2) is 13.4 Å². The first-order valence-corrected chi connectivity index (χ1v) is 17.2. The molecule has 2 amide bonds. The predicted molar refractivity (Wildman–Crippen MR) is 160 cm³/mol. The van der Waals surface area contributed by atoms with Crippen molar-refractivity contribution in [2.24, 2.45) is 5.16 Å². The number of carbonyl (C=O) groups is 3. The van der Waals surface area contributed by atoms with Gasteiger partial charge in [-0.2, -0.15) is 0 Å². The Morgan fingerprint density at radius 1 is 1.16 bits per heavy atom. The second kappa shape index (κ2) is 12.9. The summed E-state index contributed by atoms with van der Waals surface area (Å²) >= 11 is 1.34. The molecule has 1 N–H and O–H groups in total. The smallest absolute Gasteiger partial charge is 0.306 e. The van der Waals surface area contributed by atoms with Crippen molar-refractivity contribution in [3.63, 3.8) is 0 Å². The molecule has 1 aromatic carbocycles. The van der Waals surface area contributed by atoms with E-state index in [1.165, 1.54) is 23.5 Å². The van der Waals surface area contributed by atoms with Gasteiger partial charge in [-0.1, -0.05) is 17.3 Å². The number of nitrogens with zero attached hydrogens (tertiary/aromatic N) is 4. The van der Waals surface area contributed by atoms with E-state index < -0.39 is 21.8 Å². The van der Waals surface area contributed by atoms with Crippen molar-refractivity contribution in [1.29, 1.82) is 0 Å². The Hall–Kier alpha value is -3.40. The van der Waals surface area contributed by atoms with Gasteiger partial charge in [0, 0.05) is 68.1 Å². The van der Waals surface area contributed by atoms with E-state index in [2.05, 4.69) is 20.4 Å². The van der Waals surface area contributed by atoms with E-state index in [1.807, 2.05) is 6.92 Å². The topological polar surface area (TPSA) is 157 Å². The molecule has 1 saturated carbocycles. The SMILES string of the molecule is C[C@H]1CN(Cc2cnc(NC(=O)/C(=N/O[C@@H]3CCOC3)c3ccc(S(=O)(=O)C4CC4)cc3)s2)CCN1C(=O)[C@@H]1CCC(=O)O1. The highest BCUT2D eigenvalue weighted by Crippen LogP contribution is 2.33. The summed E-state index contributed by atoms with van der Waals surface area (Å²) in [6.07, 6.45) is 3.46. The Morgan fingerprint density at radius 2 is 1.95 bits per heavy atom. The van der Waals surface area contributed by atoms with Gasteiger partial charge in [0.2, 0.25) is 0 Å². The van der Waals surface area contributed by atoms with Crippen molar-refractivity contribution < 1.29 is 37.1 Å². The summed E-state index contributed by atoms with van der Waals surface area (Å²) in [4.78, 5) is 52.8. The Balaban J connectivity index is 1.08. The summed E-state index contributed by atoms with van der Waals surface area (Å²) in [6.45, 7) is 5.34. The molecule has 13 nitrogen and oxygen atoms in total. The van der Waals surface area contributed by atoms with E-state index in [4.69, 9.17) is 14.3 Å². The number of anilines is 1. The number of sulfone groups is 1. The lowest BCUT2D eigenvalue weighted by molar-refractivity contribution is -0.155. The molecule has 4 heterocycles. The Kier molecular flexibility index (Phi) is 8.98. The number of amides is 2. The second-order valence-corrected chi connectivity index (χ2v) is 14.9. The first kappa shape index (κ1) is 30.6. The molecule has 2 aromatic rings. The number of nitrogens with one attached hydrogen (secondary N) is 1. The number of carbonyl (C=O) groups excluding carboxylic acids is 3. The van der Waals surface area contributed by atoms with Crippen LogP contribution in [0.4, 0.5) is 5.13 Å². The maximum absolute atomic E-state index is 13.4. The van der Waals surface area contributed by atoms with Crippen LogP contribution in [0.15, 0.2) is 40.5 Å². The van der Waals surface area contributed by atoms with Crippen LogP contribution in [0.2, 0.25) is 0 Å². The highest BCUT2D eigenvalue weighted by molar-refractivity contribution is 7.92. The number of rotatable bonds is 10. The number of piperazine rings is 1. The summed E-state index contributed by atoms with van der Waals surface area (Å²) in [5, 5.41) is 7.02. The molecular weight excluding hydrogens is 610 g/mol. The second-order valence-electron chi connectivity index (χ2n) is 11.5. The third kappa shape index (κ3) is 6.95.